The zero-order chi connectivity index (χ0) is 17.9. The molecule has 8 heteroatoms. The highest BCUT2D eigenvalue weighted by Gasteiger charge is 2.11. The fourth-order valence-corrected chi connectivity index (χ4v) is 2.76. The minimum atomic E-state index is -3.75. The summed E-state index contributed by atoms with van der Waals surface area (Å²) in [6, 6.07) is 11.0. The van der Waals surface area contributed by atoms with Crippen molar-refractivity contribution in [3.8, 4) is 11.5 Å². The molecule has 130 valence electrons. The predicted octanol–water partition coefficient (Wildman–Crippen LogP) is 1.76. The Kier molecular flexibility index (Phi) is 4.73. The number of nitrogens with one attached hydrogen (secondary N) is 1. The van der Waals surface area contributed by atoms with E-state index < -0.39 is 10.0 Å². The van der Waals surface area contributed by atoms with E-state index in [2.05, 4.69) is 5.32 Å². The van der Waals surface area contributed by atoms with E-state index in [0.717, 1.165) is 5.56 Å². The van der Waals surface area contributed by atoms with E-state index in [1.807, 2.05) is 6.07 Å². The number of ether oxygens (including phenoxy) is 2. The van der Waals surface area contributed by atoms with E-state index in [1.165, 1.54) is 30.3 Å². The van der Waals surface area contributed by atoms with E-state index in [4.69, 9.17) is 14.6 Å². The molecule has 0 unspecified atom stereocenters. The molecule has 0 saturated heterocycles. The zero-order valence-electron chi connectivity index (χ0n) is 13.1. The molecule has 1 aliphatic rings. The lowest BCUT2D eigenvalue weighted by molar-refractivity contribution is -0.111. The van der Waals surface area contributed by atoms with Gasteiger partial charge < -0.3 is 14.8 Å². The van der Waals surface area contributed by atoms with Crippen LogP contribution in [-0.4, -0.2) is 27.5 Å². The summed E-state index contributed by atoms with van der Waals surface area (Å²) in [7, 11) is -3.75. The van der Waals surface area contributed by atoms with Crippen LogP contribution in [0.5, 0.6) is 11.5 Å². The summed E-state index contributed by atoms with van der Waals surface area (Å²) in [5.74, 6) is 0.980. The number of sulfonamides is 1. The second-order valence-corrected chi connectivity index (χ2v) is 6.86. The Morgan fingerprint density at radius 1 is 1.04 bits per heavy atom. The molecule has 0 bridgehead atoms. The third-order valence-corrected chi connectivity index (χ3v) is 4.37. The lowest BCUT2D eigenvalue weighted by Gasteiger charge is -2.18. The van der Waals surface area contributed by atoms with Crippen molar-refractivity contribution in [2.75, 3.05) is 18.5 Å². The summed E-state index contributed by atoms with van der Waals surface area (Å²) in [5.41, 5.74) is 1.26. The lowest BCUT2D eigenvalue weighted by Crippen LogP contribution is -2.15. The molecule has 1 amide bonds. The molecule has 25 heavy (non-hydrogen) atoms. The monoisotopic (exact) mass is 360 g/mol. The van der Waals surface area contributed by atoms with Crippen molar-refractivity contribution in [2.24, 2.45) is 5.14 Å². The molecule has 0 saturated carbocycles. The number of rotatable bonds is 4. The van der Waals surface area contributed by atoms with Crippen molar-refractivity contribution >= 4 is 27.7 Å². The molecule has 0 fully saturated rings. The van der Waals surface area contributed by atoms with Crippen molar-refractivity contribution in [2.45, 2.75) is 4.90 Å². The van der Waals surface area contributed by atoms with E-state index in [0.29, 0.717) is 30.4 Å². The van der Waals surface area contributed by atoms with Gasteiger partial charge in [-0.3, -0.25) is 4.79 Å². The van der Waals surface area contributed by atoms with Crippen LogP contribution >= 0.6 is 0 Å². The van der Waals surface area contributed by atoms with Crippen molar-refractivity contribution in [1.29, 1.82) is 0 Å². The SMILES string of the molecule is NS(=O)(=O)c1ccc(NC(=O)C=Cc2ccc3c(c2)OCCO3)cc1. The number of benzene rings is 2. The summed E-state index contributed by atoms with van der Waals surface area (Å²) in [6.45, 7) is 1.02. The molecule has 0 radical (unpaired) electrons. The zero-order valence-corrected chi connectivity index (χ0v) is 14.0. The third kappa shape index (κ3) is 4.37. The van der Waals surface area contributed by atoms with E-state index in [1.54, 1.807) is 18.2 Å². The first-order chi connectivity index (χ1) is 11.9. The molecule has 0 aromatic heterocycles. The standard InChI is InChI=1S/C17H16N2O5S/c18-25(21,22)14-5-3-13(4-6-14)19-17(20)8-2-12-1-7-15-16(11-12)24-10-9-23-15/h1-8,11H,9-10H2,(H,19,20)(H2,18,21,22). The van der Waals surface area contributed by atoms with Crippen molar-refractivity contribution in [1.82, 2.24) is 0 Å². The quantitative estimate of drug-likeness (QED) is 0.808. The van der Waals surface area contributed by atoms with E-state index >= 15 is 0 Å². The summed E-state index contributed by atoms with van der Waals surface area (Å²) >= 11 is 0. The first-order valence-corrected chi connectivity index (χ1v) is 8.98. The molecule has 0 spiro atoms. The van der Waals surface area contributed by atoms with Gasteiger partial charge in [0.15, 0.2) is 11.5 Å². The lowest BCUT2D eigenvalue weighted by atomic mass is 10.2. The van der Waals surface area contributed by atoms with Crippen LogP contribution < -0.4 is 19.9 Å². The van der Waals surface area contributed by atoms with Crippen LogP contribution in [0, 0.1) is 0 Å². The first kappa shape index (κ1) is 17.0. The van der Waals surface area contributed by atoms with Crippen LogP contribution in [0.25, 0.3) is 6.08 Å². The number of carbonyl (C=O) groups excluding carboxylic acids is 1. The molecule has 0 atom stereocenters. The molecular formula is C17H16N2O5S. The van der Waals surface area contributed by atoms with Gasteiger partial charge in [0, 0.05) is 11.8 Å². The number of nitrogens with two attached hydrogens (primary N) is 1. The van der Waals surface area contributed by atoms with Crippen LogP contribution in [0.15, 0.2) is 53.4 Å². The molecule has 2 aromatic carbocycles. The number of carbonyl (C=O) groups is 1. The van der Waals surface area contributed by atoms with Crippen LogP contribution in [0.1, 0.15) is 5.56 Å². The highest BCUT2D eigenvalue weighted by molar-refractivity contribution is 7.89. The minimum Gasteiger partial charge on any atom is -0.486 e. The van der Waals surface area contributed by atoms with Gasteiger partial charge in [0.2, 0.25) is 15.9 Å². The van der Waals surface area contributed by atoms with Crippen LogP contribution in [-0.2, 0) is 14.8 Å². The number of anilines is 1. The first-order valence-electron chi connectivity index (χ1n) is 7.43. The summed E-state index contributed by atoms with van der Waals surface area (Å²) < 4.78 is 33.3. The van der Waals surface area contributed by atoms with Gasteiger partial charge in [-0.05, 0) is 48.0 Å². The number of hydrogen-bond acceptors (Lipinski definition) is 5. The van der Waals surface area contributed by atoms with Gasteiger partial charge in [-0.25, -0.2) is 13.6 Å². The Hall–Kier alpha value is -2.84. The predicted molar refractivity (Wildman–Crippen MR) is 92.9 cm³/mol. The van der Waals surface area contributed by atoms with E-state index in [-0.39, 0.29) is 10.8 Å². The number of hydrogen-bond donors (Lipinski definition) is 2. The van der Waals surface area contributed by atoms with Gasteiger partial charge in [0.1, 0.15) is 13.2 Å². The van der Waals surface area contributed by atoms with E-state index in [9.17, 15) is 13.2 Å². The second-order valence-electron chi connectivity index (χ2n) is 5.30. The maximum atomic E-state index is 12.0. The molecule has 0 aliphatic carbocycles. The number of primary sulfonamides is 1. The van der Waals surface area contributed by atoms with Crippen molar-refractivity contribution in [3.05, 3.63) is 54.1 Å². The Morgan fingerprint density at radius 2 is 1.72 bits per heavy atom. The molecule has 2 aromatic rings. The highest BCUT2D eigenvalue weighted by Crippen LogP contribution is 2.31. The van der Waals surface area contributed by atoms with Crippen LogP contribution in [0.3, 0.4) is 0 Å². The fraction of sp³-hybridized carbons (Fsp3) is 0.118. The van der Waals surface area contributed by atoms with Gasteiger partial charge in [0.25, 0.3) is 0 Å². The maximum Gasteiger partial charge on any atom is 0.248 e. The number of amides is 1. The molecule has 3 N–H and O–H groups in total. The van der Waals surface area contributed by atoms with Crippen molar-refractivity contribution in [3.63, 3.8) is 0 Å². The summed E-state index contributed by atoms with van der Waals surface area (Å²) in [5, 5.41) is 7.66. The Bertz CT molecular complexity index is 921. The molecular weight excluding hydrogens is 344 g/mol. The highest BCUT2D eigenvalue weighted by atomic mass is 32.2. The topological polar surface area (TPSA) is 108 Å². The molecule has 7 nitrogen and oxygen atoms in total. The molecule has 1 aliphatic heterocycles. The van der Waals surface area contributed by atoms with Gasteiger partial charge in [-0.1, -0.05) is 6.07 Å². The minimum absolute atomic E-state index is 0.0164. The van der Waals surface area contributed by atoms with Crippen LogP contribution in [0.2, 0.25) is 0 Å². The Labute approximate surface area is 145 Å². The average molecular weight is 360 g/mol. The fourth-order valence-electron chi connectivity index (χ4n) is 2.25. The summed E-state index contributed by atoms with van der Waals surface area (Å²) in [4.78, 5) is 11.9. The molecule has 1 heterocycles. The van der Waals surface area contributed by atoms with Crippen LogP contribution in [0.4, 0.5) is 5.69 Å². The van der Waals surface area contributed by atoms with Gasteiger partial charge >= 0.3 is 0 Å². The Balaban J connectivity index is 1.65. The third-order valence-electron chi connectivity index (χ3n) is 3.44. The molecule has 3 rings (SSSR count). The maximum absolute atomic E-state index is 12.0. The largest absolute Gasteiger partial charge is 0.486 e. The summed E-state index contributed by atoms with van der Waals surface area (Å²) in [6.07, 6.45) is 3.02. The van der Waals surface area contributed by atoms with Gasteiger partial charge in [-0.2, -0.15) is 0 Å². The number of fused-ring (bicyclic) bond motifs is 1. The second kappa shape index (κ2) is 6.96. The van der Waals surface area contributed by atoms with Gasteiger partial charge in [-0.15, -0.1) is 0 Å². The Morgan fingerprint density at radius 3 is 2.40 bits per heavy atom. The average Bonchev–Trinajstić information content (AvgIpc) is 2.59. The normalized spacial score (nSPS) is 13.6. The van der Waals surface area contributed by atoms with Gasteiger partial charge in [0.05, 0.1) is 4.90 Å². The smallest absolute Gasteiger partial charge is 0.248 e. The van der Waals surface area contributed by atoms with Crippen molar-refractivity contribution < 1.29 is 22.7 Å².